The molecule has 0 bridgehead atoms. The molecule has 0 aliphatic heterocycles. The van der Waals surface area contributed by atoms with Crippen LogP contribution < -0.4 is 0 Å². The van der Waals surface area contributed by atoms with Gasteiger partial charge in [-0.1, -0.05) is 13.8 Å². The van der Waals surface area contributed by atoms with E-state index in [2.05, 4.69) is 40.7 Å². The number of aromatic amines is 1. The smallest absolute Gasteiger partial charge is 0.309 e. The van der Waals surface area contributed by atoms with Gasteiger partial charge in [-0.3, -0.25) is 9.89 Å². The fraction of sp³-hybridized carbons (Fsp3) is 0.407. The number of benzene rings is 2. The van der Waals surface area contributed by atoms with Crippen molar-refractivity contribution in [3.8, 4) is 5.69 Å². The van der Waals surface area contributed by atoms with Crippen LogP contribution in [0.3, 0.4) is 0 Å². The summed E-state index contributed by atoms with van der Waals surface area (Å²) in [6.07, 6.45) is 2.94. The van der Waals surface area contributed by atoms with Crippen molar-refractivity contribution in [1.29, 1.82) is 0 Å². The van der Waals surface area contributed by atoms with E-state index in [4.69, 9.17) is 4.74 Å². The van der Waals surface area contributed by atoms with Gasteiger partial charge in [0.1, 0.15) is 5.82 Å². The molecule has 0 radical (unpaired) electrons. The van der Waals surface area contributed by atoms with Gasteiger partial charge in [-0.2, -0.15) is 5.10 Å². The largest absolute Gasteiger partial charge is 0.481 e. The third kappa shape index (κ3) is 3.33. The van der Waals surface area contributed by atoms with Crippen molar-refractivity contribution in [1.82, 2.24) is 14.8 Å². The van der Waals surface area contributed by atoms with Crippen molar-refractivity contribution in [3.63, 3.8) is 0 Å². The number of nitrogens with one attached hydrogen (secondary N) is 1. The van der Waals surface area contributed by atoms with Crippen LogP contribution in [0.25, 0.3) is 27.5 Å². The normalized spacial score (nSPS) is 20.7. The molecule has 34 heavy (non-hydrogen) atoms. The van der Waals surface area contributed by atoms with Gasteiger partial charge in [0.2, 0.25) is 0 Å². The zero-order valence-electron chi connectivity index (χ0n) is 20.2. The summed E-state index contributed by atoms with van der Waals surface area (Å²) in [5.41, 5.74) is 4.48. The fourth-order valence-electron chi connectivity index (χ4n) is 5.70. The van der Waals surface area contributed by atoms with Crippen LogP contribution in [0.15, 0.2) is 36.5 Å². The Morgan fingerprint density at radius 1 is 1.32 bits per heavy atom. The van der Waals surface area contributed by atoms with Gasteiger partial charge in [-0.15, -0.1) is 0 Å². The SMILES string of the molecule is COCC(C)(C)c1c([C@H]2C[C@](C)(C(=O)O)C2)c2cc3[nH]ncc3cc2n1-c1ccc(F)c(C)c1. The first-order valence-corrected chi connectivity index (χ1v) is 11.6. The summed E-state index contributed by atoms with van der Waals surface area (Å²) < 4.78 is 22.1. The summed E-state index contributed by atoms with van der Waals surface area (Å²) in [6, 6.07) is 9.40. The van der Waals surface area contributed by atoms with Gasteiger partial charge in [0.15, 0.2) is 0 Å². The Hall–Kier alpha value is -3.19. The molecule has 1 aliphatic carbocycles. The number of fused-ring (bicyclic) bond motifs is 2. The number of ether oxygens (including phenoxy) is 1. The number of carbonyl (C=O) groups is 1. The molecule has 0 saturated heterocycles. The maximum Gasteiger partial charge on any atom is 0.309 e. The molecule has 2 aromatic carbocycles. The van der Waals surface area contributed by atoms with E-state index in [0.29, 0.717) is 25.0 Å². The topological polar surface area (TPSA) is 80.1 Å². The summed E-state index contributed by atoms with van der Waals surface area (Å²) in [6.45, 7) is 8.36. The van der Waals surface area contributed by atoms with E-state index in [1.807, 2.05) is 13.0 Å². The lowest BCUT2D eigenvalue weighted by atomic mass is 9.60. The van der Waals surface area contributed by atoms with E-state index in [1.54, 1.807) is 26.3 Å². The van der Waals surface area contributed by atoms with Crippen LogP contribution in [0.4, 0.5) is 4.39 Å². The van der Waals surface area contributed by atoms with E-state index in [9.17, 15) is 14.3 Å². The Labute approximate surface area is 197 Å². The summed E-state index contributed by atoms with van der Waals surface area (Å²) >= 11 is 0. The van der Waals surface area contributed by atoms with Gasteiger partial charge in [-0.05, 0) is 74.1 Å². The number of carboxylic acid groups (broad SMARTS) is 1. The first kappa shape index (κ1) is 22.6. The van der Waals surface area contributed by atoms with Crippen LogP contribution in [0.2, 0.25) is 0 Å². The van der Waals surface area contributed by atoms with E-state index in [1.165, 1.54) is 6.07 Å². The number of aliphatic carboxylic acids is 1. The van der Waals surface area contributed by atoms with Crippen LogP contribution >= 0.6 is 0 Å². The first-order valence-electron chi connectivity index (χ1n) is 11.6. The lowest BCUT2D eigenvalue weighted by Gasteiger charge is -2.43. The second-order valence-electron chi connectivity index (χ2n) is 10.6. The summed E-state index contributed by atoms with van der Waals surface area (Å²) in [4.78, 5) is 11.9. The lowest BCUT2D eigenvalue weighted by Crippen LogP contribution is -2.41. The standard InChI is InChI=1S/C27H30FN3O3/c1-15-8-18(6-7-20(15)28)31-22-9-16-13-29-30-21(16)10-19(22)23(24(31)26(2,3)14-34-5)17-11-27(4,12-17)25(32)33/h6-10,13,17H,11-12,14H2,1-5H3,(H,29,30)(H,32,33)/t17-,27-. The predicted octanol–water partition coefficient (Wildman–Crippen LogP) is 5.85. The average Bonchev–Trinajstić information content (AvgIpc) is 3.33. The van der Waals surface area contributed by atoms with Crippen LogP contribution in [-0.2, 0) is 14.9 Å². The number of halogens is 1. The predicted molar refractivity (Wildman–Crippen MR) is 130 cm³/mol. The molecular formula is C27H30FN3O3. The van der Waals surface area contributed by atoms with Crippen molar-refractivity contribution in [2.75, 3.05) is 13.7 Å². The number of aryl methyl sites for hydroxylation is 1. The maximum absolute atomic E-state index is 14.2. The van der Waals surface area contributed by atoms with Gasteiger partial charge in [-0.25, -0.2) is 4.39 Å². The highest BCUT2D eigenvalue weighted by Gasteiger charge is 2.49. The molecule has 2 heterocycles. The highest BCUT2D eigenvalue weighted by atomic mass is 19.1. The summed E-state index contributed by atoms with van der Waals surface area (Å²) in [5, 5.41) is 19.1. The Kier molecular flexibility index (Phi) is 5.09. The number of hydrogen-bond acceptors (Lipinski definition) is 3. The highest BCUT2D eigenvalue weighted by molar-refractivity contribution is 5.99. The van der Waals surface area contributed by atoms with Crippen molar-refractivity contribution in [3.05, 3.63) is 59.2 Å². The maximum atomic E-state index is 14.2. The van der Waals surface area contributed by atoms with Gasteiger partial charge in [0.05, 0.1) is 29.3 Å². The Bertz CT molecular complexity index is 1430. The summed E-state index contributed by atoms with van der Waals surface area (Å²) in [5.74, 6) is -0.903. The zero-order chi connectivity index (χ0) is 24.4. The minimum absolute atomic E-state index is 0.0953. The number of H-pyrrole nitrogens is 1. The molecule has 2 N–H and O–H groups in total. The molecule has 5 rings (SSSR count). The monoisotopic (exact) mass is 463 g/mol. The molecular weight excluding hydrogens is 433 g/mol. The van der Waals surface area contributed by atoms with Gasteiger partial charge >= 0.3 is 5.97 Å². The quantitative estimate of drug-likeness (QED) is 0.376. The molecule has 1 fully saturated rings. The van der Waals surface area contributed by atoms with E-state index in [-0.39, 0.29) is 17.2 Å². The first-order chi connectivity index (χ1) is 16.1. The number of methoxy groups -OCH3 is 1. The molecule has 0 spiro atoms. The number of rotatable bonds is 6. The number of aromatic nitrogens is 3. The second kappa shape index (κ2) is 7.67. The zero-order valence-corrected chi connectivity index (χ0v) is 20.2. The molecule has 4 aromatic rings. The number of nitrogens with zero attached hydrogens (tertiary/aromatic N) is 2. The van der Waals surface area contributed by atoms with Crippen LogP contribution in [0, 0.1) is 18.2 Å². The van der Waals surface area contributed by atoms with E-state index >= 15 is 0 Å². The van der Waals surface area contributed by atoms with E-state index in [0.717, 1.165) is 38.8 Å². The molecule has 2 aromatic heterocycles. The van der Waals surface area contributed by atoms with Gasteiger partial charge in [0, 0.05) is 34.7 Å². The minimum Gasteiger partial charge on any atom is -0.481 e. The third-order valence-electron chi connectivity index (χ3n) is 7.43. The average molecular weight is 464 g/mol. The van der Waals surface area contributed by atoms with Crippen LogP contribution in [0.1, 0.15) is 56.4 Å². The van der Waals surface area contributed by atoms with Gasteiger partial charge in [0.25, 0.3) is 0 Å². The molecule has 178 valence electrons. The van der Waals surface area contributed by atoms with Crippen molar-refractivity contribution >= 4 is 27.8 Å². The number of carboxylic acids is 1. The van der Waals surface area contributed by atoms with Crippen molar-refractivity contribution in [2.45, 2.75) is 51.9 Å². The van der Waals surface area contributed by atoms with Crippen molar-refractivity contribution < 1.29 is 19.0 Å². The molecule has 0 unspecified atom stereocenters. The third-order valence-corrected chi connectivity index (χ3v) is 7.43. The van der Waals surface area contributed by atoms with Gasteiger partial charge < -0.3 is 14.4 Å². The van der Waals surface area contributed by atoms with Crippen molar-refractivity contribution in [2.24, 2.45) is 5.41 Å². The minimum atomic E-state index is -0.754. The molecule has 0 atom stereocenters. The molecule has 7 heteroatoms. The fourth-order valence-corrected chi connectivity index (χ4v) is 5.70. The van der Waals surface area contributed by atoms with E-state index < -0.39 is 11.4 Å². The summed E-state index contributed by atoms with van der Waals surface area (Å²) in [7, 11) is 1.69. The van der Waals surface area contributed by atoms with Crippen LogP contribution in [0.5, 0.6) is 0 Å². The Balaban J connectivity index is 1.86. The number of hydrogen-bond donors (Lipinski definition) is 2. The lowest BCUT2D eigenvalue weighted by molar-refractivity contribution is -0.154. The Morgan fingerprint density at radius 3 is 2.71 bits per heavy atom. The second-order valence-corrected chi connectivity index (χ2v) is 10.6. The molecule has 1 aliphatic rings. The molecule has 6 nitrogen and oxygen atoms in total. The molecule has 0 amide bonds. The van der Waals surface area contributed by atoms with Crippen LogP contribution in [-0.4, -0.2) is 39.6 Å². The highest BCUT2D eigenvalue weighted by Crippen LogP contribution is 2.55. The Morgan fingerprint density at radius 2 is 2.06 bits per heavy atom. The molecule has 1 saturated carbocycles.